The second-order valence-electron chi connectivity index (χ2n) is 9.75. The van der Waals surface area contributed by atoms with Crippen molar-refractivity contribution in [2.24, 2.45) is 0 Å². The van der Waals surface area contributed by atoms with Crippen LogP contribution < -0.4 is 15.4 Å². The molecular formula is C26H40N4O2. The van der Waals surface area contributed by atoms with E-state index >= 15 is 0 Å². The summed E-state index contributed by atoms with van der Waals surface area (Å²) in [5, 5.41) is 19.2. The van der Waals surface area contributed by atoms with Gasteiger partial charge in [0.25, 0.3) is 0 Å². The van der Waals surface area contributed by atoms with E-state index < -0.39 is 0 Å². The van der Waals surface area contributed by atoms with Gasteiger partial charge in [0.15, 0.2) is 0 Å². The van der Waals surface area contributed by atoms with E-state index in [2.05, 4.69) is 30.5 Å². The quantitative estimate of drug-likeness (QED) is 0.468. The third kappa shape index (κ3) is 5.90. The van der Waals surface area contributed by atoms with Crippen LogP contribution in [-0.4, -0.2) is 46.4 Å². The van der Waals surface area contributed by atoms with Gasteiger partial charge in [-0.2, -0.15) is 0 Å². The summed E-state index contributed by atoms with van der Waals surface area (Å²) in [6, 6.07) is 2.59. The number of unbranched alkanes of at least 4 members (excludes halogenated alkanes) is 2. The highest BCUT2D eigenvalue weighted by atomic mass is 16.5. The number of ether oxygens (including phenoxy) is 1. The Balaban J connectivity index is 1.60. The number of hydrogen-bond acceptors (Lipinski definition) is 6. The summed E-state index contributed by atoms with van der Waals surface area (Å²) in [6.45, 7) is 6.47. The number of aromatic nitrogens is 2. The lowest BCUT2D eigenvalue weighted by atomic mass is 9.82. The molecule has 4 rings (SSSR count). The van der Waals surface area contributed by atoms with E-state index in [1.54, 1.807) is 0 Å². The van der Waals surface area contributed by atoms with Crippen molar-refractivity contribution in [3.05, 3.63) is 24.0 Å². The third-order valence-corrected chi connectivity index (χ3v) is 7.10. The van der Waals surface area contributed by atoms with Gasteiger partial charge in [0.1, 0.15) is 11.9 Å². The minimum absolute atomic E-state index is 0.157. The van der Waals surface area contributed by atoms with E-state index in [9.17, 15) is 5.11 Å². The molecule has 6 nitrogen and oxygen atoms in total. The molecule has 2 aliphatic rings. The summed E-state index contributed by atoms with van der Waals surface area (Å²) in [5.41, 5.74) is 1.27. The number of pyridine rings is 2. The van der Waals surface area contributed by atoms with E-state index in [0.717, 1.165) is 69.2 Å². The number of hydrogen-bond donors (Lipinski definition) is 3. The molecule has 0 spiro atoms. The van der Waals surface area contributed by atoms with Crippen LogP contribution in [0, 0.1) is 0 Å². The molecule has 2 aromatic heterocycles. The Morgan fingerprint density at radius 3 is 2.59 bits per heavy atom. The van der Waals surface area contributed by atoms with E-state index in [-0.39, 0.29) is 12.2 Å². The first-order valence-corrected chi connectivity index (χ1v) is 12.7. The maximum absolute atomic E-state index is 9.98. The van der Waals surface area contributed by atoms with Crippen molar-refractivity contribution in [3.63, 3.8) is 0 Å². The van der Waals surface area contributed by atoms with Crippen LogP contribution in [0.2, 0.25) is 0 Å². The number of nitrogens with zero attached hydrogens (tertiary/aromatic N) is 2. The second kappa shape index (κ2) is 11.3. The largest absolute Gasteiger partial charge is 0.474 e. The topological polar surface area (TPSA) is 79.3 Å². The van der Waals surface area contributed by atoms with Gasteiger partial charge in [-0.1, -0.05) is 26.2 Å². The maximum atomic E-state index is 9.98. The number of nitrogens with one attached hydrogen (secondary N) is 2. The van der Waals surface area contributed by atoms with Crippen molar-refractivity contribution >= 4 is 16.6 Å². The normalized spacial score (nSPS) is 23.2. The van der Waals surface area contributed by atoms with Crippen molar-refractivity contribution in [3.8, 4) is 5.88 Å². The predicted molar refractivity (Wildman–Crippen MR) is 131 cm³/mol. The molecule has 2 fully saturated rings. The Bertz CT molecular complexity index is 860. The smallest absolute Gasteiger partial charge is 0.223 e. The summed E-state index contributed by atoms with van der Waals surface area (Å²) in [6.07, 6.45) is 14.7. The second-order valence-corrected chi connectivity index (χ2v) is 9.75. The van der Waals surface area contributed by atoms with Crippen molar-refractivity contribution in [1.29, 1.82) is 0 Å². The number of rotatable bonds is 9. The molecule has 0 unspecified atom stereocenters. The molecule has 3 N–H and O–H groups in total. The average Bonchev–Trinajstić information content (AvgIpc) is 2.81. The molecule has 2 aromatic rings. The number of piperidine rings is 1. The Kier molecular flexibility index (Phi) is 8.20. The first-order valence-electron chi connectivity index (χ1n) is 12.7. The summed E-state index contributed by atoms with van der Waals surface area (Å²) in [7, 11) is 0. The zero-order valence-corrected chi connectivity index (χ0v) is 19.8. The lowest BCUT2D eigenvalue weighted by molar-refractivity contribution is 0.122. The zero-order chi connectivity index (χ0) is 22.3. The van der Waals surface area contributed by atoms with Gasteiger partial charge >= 0.3 is 0 Å². The maximum Gasteiger partial charge on any atom is 0.223 e. The molecule has 3 heterocycles. The number of aliphatic hydroxyl groups is 1. The Morgan fingerprint density at radius 2 is 1.84 bits per heavy atom. The standard InChI is InChI=1S/C26H40N4O2/c1-3-4-5-6-18(2)30-25-15-22-23(19-7-9-20(31)10-8-19)16-29-26(24(22)17-28-25)32-21-11-13-27-14-12-21/h15-21,27,31H,3-14H2,1-2H3,(H,28,30)/t18-,19-,20-/m0/s1. The molecule has 1 saturated heterocycles. The van der Waals surface area contributed by atoms with Crippen LogP contribution in [0.15, 0.2) is 18.5 Å². The predicted octanol–water partition coefficient (Wildman–Crippen LogP) is 5.16. The van der Waals surface area contributed by atoms with Gasteiger partial charge in [-0.25, -0.2) is 9.97 Å². The summed E-state index contributed by atoms with van der Waals surface area (Å²) >= 11 is 0. The highest BCUT2D eigenvalue weighted by Crippen LogP contribution is 2.39. The van der Waals surface area contributed by atoms with Crippen LogP contribution in [0.5, 0.6) is 5.88 Å². The van der Waals surface area contributed by atoms with Crippen LogP contribution in [-0.2, 0) is 0 Å². The Hall–Kier alpha value is -1.92. The molecule has 1 saturated carbocycles. The molecule has 0 amide bonds. The fourth-order valence-corrected chi connectivity index (χ4v) is 5.11. The Labute approximate surface area is 192 Å². The van der Waals surface area contributed by atoms with Gasteiger partial charge < -0.3 is 20.5 Å². The SMILES string of the molecule is CCCCC[C@H](C)Nc1cc2c(cn1)c(OC1CCNCC1)ncc2[C@H]1CC[C@H](O)CC1. The highest BCUT2D eigenvalue weighted by Gasteiger charge is 2.25. The van der Waals surface area contributed by atoms with Crippen molar-refractivity contribution in [2.75, 3.05) is 18.4 Å². The molecule has 6 heteroatoms. The molecule has 1 aliphatic heterocycles. The first-order chi connectivity index (χ1) is 15.6. The van der Waals surface area contributed by atoms with Gasteiger partial charge in [-0.05, 0) is 87.9 Å². The third-order valence-electron chi connectivity index (χ3n) is 7.10. The average molecular weight is 441 g/mol. The lowest BCUT2D eigenvalue weighted by Gasteiger charge is -2.28. The lowest BCUT2D eigenvalue weighted by Crippen LogP contribution is -2.34. The summed E-state index contributed by atoms with van der Waals surface area (Å²) < 4.78 is 6.36. The molecule has 1 atom stereocenters. The molecule has 0 aromatic carbocycles. The molecule has 1 aliphatic carbocycles. The van der Waals surface area contributed by atoms with Gasteiger partial charge in [0, 0.05) is 18.4 Å². The minimum Gasteiger partial charge on any atom is -0.474 e. The molecule has 176 valence electrons. The fourth-order valence-electron chi connectivity index (χ4n) is 5.11. The molecule has 0 bridgehead atoms. The van der Waals surface area contributed by atoms with Gasteiger partial charge in [-0.15, -0.1) is 0 Å². The van der Waals surface area contributed by atoms with E-state index in [0.29, 0.717) is 17.8 Å². The van der Waals surface area contributed by atoms with Crippen LogP contribution in [0.1, 0.15) is 89.5 Å². The monoisotopic (exact) mass is 440 g/mol. The van der Waals surface area contributed by atoms with Crippen LogP contribution in [0.25, 0.3) is 10.8 Å². The van der Waals surface area contributed by atoms with E-state index in [1.807, 2.05) is 12.4 Å². The minimum atomic E-state index is -0.157. The van der Waals surface area contributed by atoms with E-state index in [1.165, 1.54) is 30.2 Å². The number of fused-ring (bicyclic) bond motifs is 1. The van der Waals surface area contributed by atoms with Crippen LogP contribution in [0.4, 0.5) is 5.82 Å². The van der Waals surface area contributed by atoms with Gasteiger partial charge in [0.05, 0.1) is 11.5 Å². The zero-order valence-electron chi connectivity index (χ0n) is 19.8. The van der Waals surface area contributed by atoms with Crippen molar-refractivity contribution < 1.29 is 9.84 Å². The first kappa shape index (κ1) is 23.2. The van der Waals surface area contributed by atoms with Gasteiger partial charge in [-0.3, -0.25) is 0 Å². The Morgan fingerprint density at radius 1 is 1.06 bits per heavy atom. The van der Waals surface area contributed by atoms with Crippen molar-refractivity contribution in [2.45, 2.75) is 102 Å². The number of anilines is 1. The van der Waals surface area contributed by atoms with Crippen LogP contribution in [0.3, 0.4) is 0 Å². The molecular weight excluding hydrogens is 400 g/mol. The molecule has 0 radical (unpaired) electrons. The summed E-state index contributed by atoms with van der Waals surface area (Å²) in [5.74, 6) is 2.07. The highest BCUT2D eigenvalue weighted by molar-refractivity contribution is 5.91. The van der Waals surface area contributed by atoms with Crippen molar-refractivity contribution in [1.82, 2.24) is 15.3 Å². The fraction of sp³-hybridized carbons (Fsp3) is 0.692. The number of aliphatic hydroxyl groups excluding tert-OH is 1. The summed E-state index contributed by atoms with van der Waals surface area (Å²) in [4.78, 5) is 9.51. The van der Waals surface area contributed by atoms with Gasteiger partial charge in [0.2, 0.25) is 5.88 Å². The van der Waals surface area contributed by atoms with Crippen LogP contribution >= 0.6 is 0 Å². The molecule has 32 heavy (non-hydrogen) atoms. The van der Waals surface area contributed by atoms with E-state index in [4.69, 9.17) is 14.7 Å².